The average Bonchev–Trinajstić information content (AvgIpc) is 2.90. The minimum Gasteiger partial charge on any atom is -0.320 e. The van der Waals surface area contributed by atoms with Crippen LogP contribution in [0, 0.1) is 11.8 Å². The molecule has 2 nitrogen and oxygen atoms in total. The van der Waals surface area contributed by atoms with Crippen molar-refractivity contribution in [3.63, 3.8) is 0 Å². The van der Waals surface area contributed by atoms with Crippen molar-refractivity contribution < 1.29 is 0 Å². The van der Waals surface area contributed by atoms with Gasteiger partial charge in [-0.1, -0.05) is 36.1 Å². The molecule has 2 aromatic rings. The predicted molar refractivity (Wildman–Crippen MR) is 81.9 cm³/mol. The summed E-state index contributed by atoms with van der Waals surface area (Å²) in [5, 5.41) is 2.11. The van der Waals surface area contributed by atoms with Gasteiger partial charge in [-0.2, -0.15) is 0 Å². The second-order valence-corrected chi connectivity index (χ2v) is 5.45. The van der Waals surface area contributed by atoms with Gasteiger partial charge < -0.3 is 5.73 Å². The fourth-order valence-corrected chi connectivity index (χ4v) is 2.73. The van der Waals surface area contributed by atoms with Crippen LogP contribution in [0.15, 0.2) is 41.8 Å². The van der Waals surface area contributed by atoms with Crippen LogP contribution in [0.2, 0.25) is 0 Å². The molecule has 1 aromatic heterocycles. The second kappa shape index (κ2) is 7.10. The number of thiophene rings is 1. The van der Waals surface area contributed by atoms with Crippen LogP contribution in [0.4, 0.5) is 0 Å². The van der Waals surface area contributed by atoms with E-state index in [1.807, 2.05) is 6.07 Å². The fraction of sp³-hybridized carbons (Fsp3) is 0.250. The Kier molecular flexibility index (Phi) is 5.17. The molecule has 0 bridgehead atoms. The Labute approximate surface area is 118 Å². The first-order chi connectivity index (χ1) is 9.29. The van der Waals surface area contributed by atoms with E-state index < -0.39 is 0 Å². The van der Waals surface area contributed by atoms with Crippen LogP contribution in [-0.4, -0.2) is 18.5 Å². The molecule has 1 aromatic carbocycles. The maximum Gasteiger partial charge on any atom is 0.0555 e. The van der Waals surface area contributed by atoms with E-state index in [-0.39, 0.29) is 0 Å². The minimum absolute atomic E-state index is 0.402. The van der Waals surface area contributed by atoms with Gasteiger partial charge in [0.15, 0.2) is 0 Å². The molecule has 0 radical (unpaired) electrons. The summed E-state index contributed by atoms with van der Waals surface area (Å²) in [6.07, 6.45) is 0. The Morgan fingerprint density at radius 3 is 2.74 bits per heavy atom. The lowest BCUT2D eigenvalue weighted by atomic mass is 10.1. The molecular formula is C16H18N2S. The molecule has 0 aliphatic rings. The van der Waals surface area contributed by atoms with E-state index >= 15 is 0 Å². The van der Waals surface area contributed by atoms with Crippen molar-refractivity contribution in [2.24, 2.45) is 5.73 Å². The third-order valence-electron chi connectivity index (χ3n) is 2.79. The molecule has 0 aliphatic carbocycles. The molecule has 98 valence electrons. The van der Waals surface area contributed by atoms with Gasteiger partial charge in [-0.3, -0.25) is 4.90 Å². The van der Waals surface area contributed by atoms with Gasteiger partial charge in [0.1, 0.15) is 0 Å². The highest BCUT2D eigenvalue weighted by atomic mass is 32.1. The minimum atomic E-state index is 0.402. The summed E-state index contributed by atoms with van der Waals surface area (Å²) in [5.41, 5.74) is 7.76. The number of rotatable bonds is 4. The largest absolute Gasteiger partial charge is 0.320 e. The average molecular weight is 270 g/mol. The van der Waals surface area contributed by atoms with Gasteiger partial charge in [0.2, 0.25) is 0 Å². The zero-order valence-electron chi connectivity index (χ0n) is 11.1. The first-order valence-electron chi connectivity index (χ1n) is 6.27. The lowest BCUT2D eigenvalue weighted by Crippen LogP contribution is -2.17. The molecule has 0 saturated carbocycles. The van der Waals surface area contributed by atoms with Crippen LogP contribution >= 0.6 is 11.3 Å². The molecule has 0 spiro atoms. The van der Waals surface area contributed by atoms with Gasteiger partial charge >= 0.3 is 0 Å². The van der Waals surface area contributed by atoms with Crippen molar-refractivity contribution in [3.05, 3.63) is 57.8 Å². The summed E-state index contributed by atoms with van der Waals surface area (Å²) in [4.78, 5) is 3.68. The normalized spacial score (nSPS) is 10.3. The number of hydrogen-bond donors (Lipinski definition) is 1. The maximum atomic E-state index is 5.44. The molecule has 0 fully saturated rings. The van der Waals surface area contributed by atoms with E-state index in [0.29, 0.717) is 6.54 Å². The molecule has 0 atom stereocenters. The van der Waals surface area contributed by atoms with Gasteiger partial charge in [-0.05, 0) is 30.1 Å². The summed E-state index contributed by atoms with van der Waals surface area (Å²) in [6.45, 7) is 2.27. The highest BCUT2D eigenvalue weighted by Crippen LogP contribution is 2.14. The third kappa shape index (κ3) is 4.22. The fourth-order valence-electron chi connectivity index (χ4n) is 1.94. The highest BCUT2D eigenvalue weighted by molar-refractivity contribution is 7.09. The molecule has 2 rings (SSSR count). The smallest absolute Gasteiger partial charge is 0.0555 e. The van der Waals surface area contributed by atoms with Gasteiger partial charge in [0.25, 0.3) is 0 Å². The van der Waals surface area contributed by atoms with Crippen molar-refractivity contribution in [2.45, 2.75) is 13.1 Å². The van der Waals surface area contributed by atoms with Crippen LogP contribution in [-0.2, 0) is 13.1 Å². The van der Waals surface area contributed by atoms with Crippen molar-refractivity contribution >= 4 is 11.3 Å². The quantitative estimate of drug-likeness (QED) is 0.866. The Morgan fingerprint density at radius 1 is 1.16 bits per heavy atom. The van der Waals surface area contributed by atoms with Gasteiger partial charge in [-0.25, -0.2) is 0 Å². The summed E-state index contributed by atoms with van der Waals surface area (Å²) >= 11 is 1.79. The molecule has 0 amide bonds. The predicted octanol–water partition coefficient (Wildman–Crippen LogP) is 2.69. The first-order valence-corrected chi connectivity index (χ1v) is 7.15. The number of nitrogens with two attached hydrogens (primary N) is 1. The van der Waals surface area contributed by atoms with Crippen LogP contribution < -0.4 is 5.73 Å². The van der Waals surface area contributed by atoms with Crippen molar-refractivity contribution in [2.75, 3.05) is 13.6 Å². The van der Waals surface area contributed by atoms with Crippen LogP contribution in [0.25, 0.3) is 0 Å². The van der Waals surface area contributed by atoms with Crippen LogP contribution in [0.5, 0.6) is 0 Å². The molecule has 0 aliphatic heterocycles. The van der Waals surface area contributed by atoms with Crippen molar-refractivity contribution in [1.29, 1.82) is 0 Å². The lowest BCUT2D eigenvalue weighted by molar-refractivity contribution is 0.322. The zero-order valence-corrected chi connectivity index (χ0v) is 11.9. The number of hydrogen-bond acceptors (Lipinski definition) is 3. The van der Waals surface area contributed by atoms with E-state index in [4.69, 9.17) is 5.73 Å². The highest BCUT2D eigenvalue weighted by Gasteiger charge is 2.05. The van der Waals surface area contributed by atoms with Gasteiger partial charge in [0.05, 0.1) is 6.54 Å². The Morgan fingerprint density at radius 2 is 2.00 bits per heavy atom. The van der Waals surface area contributed by atoms with E-state index in [1.54, 1.807) is 11.3 Å². The second-order valence-electron chi connectivity index (χ2n) is 4.41. The molecule has 3 heteroatoms. The summed E-state index contributed by atoms with van der Waals surface area (Å²) in [7, 11) is 2.13. The third-order valence-corrected chi connectivity index (χ3v) is 3.65. The summed E-state index contributed by atoms with van der Waals surface area (Å²) in [5.74, 6) is 6.06. The number of nitrogens with zero attached hydrogens (tertiary/aromatic N) is 1. The molecular weight excluding hydrogens is 252 g/mol. The van der Waals surface area contributed by atoms with E-state index in [2.05, 4.69) is 59.5 Å². The Hall–Kier alpha value is -1.60. The summed E-state index contributed by atoms with van der Waals surface area (Å²) < 4.78 is 0. The molecule has 1 heterocycles. The van der Waals surface area contributed by atoms with Crippen molar-refractivity contribution in [3.8, 4) is 11.8 Å². The Balaban J connectivity index is 2.06. The molecule has 2 N–H and O–H groups in total. The SMILES string of the molecule is CN(Cc1cccs1)Cc1ccccc1C#CCN. The zero-order chi connectivity index (χ0) is 13.5. The monoisotopic (exact) mass is 270 g/mol. The van der Waals surface area contributed by atoms with E-state index in [1.165, 1.54) is 10.4 Å². The lowest BCUT2D eigenvalue weighted by Gasteiger charge is -2.16. The summed E-state index contributed by atoms with van der Waals surface area (Å²) in [6, 6.07) is 12.5. The molecule has 19 heavy (non-hydrogen) atoms. The van der Waals surface area contributed by atoms with Gasteiger partial charge in [-0.15, -0.1) is 11.3 Å². The van der Waals surface area contributed by atoms with Crippen molar-refractivity contribution in [1.82, 2.24) is 4.90 Å². The first kappa shape index (κ1) is 13.8. The molecule has 0 unspecified atom stereocenters. The molecule has 0 saturated heterocycles. The van der Waals surface area contributed by atoms with E-state index in [0.717, 1.165) is 18.7 Å². The number of benzene rings is 1. The van der Waals surface area contributed by atoms with Crippen LogP contribution in [0.1, 0.15) is 16.0 Å². The van der Waals surface area contributed by atoms with E-state index in [9.17, 15) is 0 Å². The van der Waals surface area contributed by atoms with Gasteiger partial charge in [0, 0.05) is 23.5 Å². The standard InChI is InChI=1S/C16H18N2S/c1-18(13-16-9-5-11-19-16)12-15-7-3-2-6-14(15)8-4-10-17/h2-3,5-7,9,11H,10,12-13,17H2,1H3. The Bertz CT molecular complexity index is 564. The topological polar surface area (TPSA) is 29.3 Å². The maximum absolute atomic E-state index is 5.44. The van der Waals surface area contributed by atoms with Crippen LogP contribution in [0.3, 0.4) is 0 Å².